The summed E-state index contributed by atoms with van der Waals surface area (Å²) < 4.78 is 38.7. The van der Waals surface area contributed by atoms with Crippen molar-refractivity contribution in [2.45, 2.75) is 70.3 Å². The molecule has 0 saturated carbocycles. The number of rotatable bonds is 4. The summed E-state index contributed by atoms with van der Waals surface area (Å²) in [5, 5.41) is 0. The van der Waals surface area contributed by atoms with Gasteiger partial charge in [-0.1, -0.05) is 0 Å². The van der Waals surface area contributed by atoms with Crippen molar-refractivity contribution in [2.24, 2.45) is 0 Å². The smallest absolute Gasteiger partial charge is 0.329 e. The average molecular weight is 386 g/mol. The van der Waals surface area contributed by atoms with Crippen LogP contribution in [0.15, 0.2) is 12.3 Å². The molecule has 0 N–H and O–H groups in total. The van der Waals surface area contributed by atoms with Crippen LogP contribution in [-0.2, 0) is 47.5 Å². The second-order valence-electron chi connectivity index (χ2n) is 6.41. The molecule has 0 bridgehead atoms. The van der Waals surface area contributed by atoms with E-state index in [0.717, 1.165) is 0 Å². The Kier molecular flexibility index (Phi) is 5.68. The molecule has 3 rings (SSSR count). The second-order valence-corrected chi connectivity index (χ2v) is 6.41. The van der Waals surface area contributed by atoms with Crippen LogP contribution in [0.3, 0.4) is 0 Å². The van der Waals surface area contributed by atoms with Gasteiger partial charge in [0, 0.05) is 27.2 Å². The van der Waals surface area contributed by atoms with Crippen molar-refractivity contribution >= 4 is 17.9 Å². The van der Waals surface area contributed by atoms with Gasteiger partial charge in [0.05, 0.1) is 6.26 Å². The van der Waals surface area contributed by atoms with Crippen molar-refractivity contribution in [2.75, 3.05) is 6.61 Å². The van der Waals surface area contributed by atoms with Gasteiger partial charge in [0.15, 0.2) is 24.6 Å². The zero-order valence-corrected chi connectivity index (χ0v) is 15.2. The van der Waals surface area contributed by atoms with E-state index in [-0.39, 0.29) is 6.61 Å². The molecule has 27 heavy (non-hydrogen) atoms. The second kappa shape index (κ2) is 7.83. The number of hydrogen-bond acceptors (Lipinski definition) is 10. The number of allylic oxidation sites excluding steroid dienone is 1. The fourth-order valence-electron chi connectivity index (χ4n) is 3.22. The molecule has 0 amide bonds. The zero-order valence-electron chi connectivity index (χ0n) is 15.2. The zero-order chi connectivity index (χ0) is 19.6. The molecule has 10 nitrogen and oxygen atoms in total. The van der Waals surface area contributed by atoms with Crippen molar-refractivity contribution in [3.63, 3.8) is 0 Å². The number of ether oxygens (including phenoxy) is 7. The van der Waals surface area contributed by atoms with E-state index in [0.29, 0.717) is 12.8 Å². The van der Waals surface area contributed by atoms with Crippen molar-refractivity contribution < 1.29 is 47.5 Å². The van der Waals surface area contributed by atoms with Gasteiger partial charge in [-0.25, -0.2) is 0 Å². The Morgan fingerprint density at radius 2 is 1.74 bits per heavy atom. The third kappa shape index (κ3) is 4.40. The maximum Gasteiger partial charge on any atom is 0.329 e. The summed E-state index contributed by atoms with van der Waals surface area (Å²) in [5.41, 5.74) is 0. The molecule has 0 aromatic carbocycles. The van der Waals surface area contributed by atoms with Crippen LogP contribution >= 0.6 is 0 Å². The third-order valence-corrected chi connectivity index (χ3v) is 4.22. The normalized spacial score (nSPS) is 37.2. The molecule has 3 heterocycles. The number of carbonyl (C=O) groups is 3. The third-order valence-electron chi connectivity index (χ3n) is 4.22. The Bertz CT molecular complexity index is 631. The first-order valence-corrected chi connectivity index (χ1v) is 8.61. The van der Waals surface area contributed by atoms with Gasteiger partial charge in [0.2, 0.25) is 0 Å². The molecule has 150 valence electrons. The van der Waals surface area contributed by atoms with Crippen LogP contribution in [0.25, 0.3) is 0 Å². The SMILES string of the molecule is CC(=O)OC[C@H]1O[C@@H]2O[C@]3(CCC=CO3)O[C@@H]2[C@@H](OC(C)=O)[C@@H]1OC(C)=O. The summed E-state index contributed by atoms with van der Waals surface area (Å²) >= 11 is 0. The molecule has 10 heteroatoms. The first-order valence-electron chi connectivity index (χ1n) is 8.61. The Morgan fingerprint density at radius 1 is 1.04 bits per heavy atom. The number of carbonyl (C=O) groups excluding carboxylic acids is 3. The molecule has 3 aliphatic heterocycles. The molecule has 3 aliphatic rings. The highest BCUT2D eigenvalue weighted by atomic mass is 16.9. The van der Waals surface area contributed by atoms with Crippen LogP contribution in [0.5, 0.6) is 0 Å². The summed E-state index contributed by atoms with van der Waals surface area (Å²) in [6.07, 6.45) is -0.518. The molecule has 0 unspecified atom stereocenters. The molecule has 2 saturated heterocycles. The van der Waals surface area contributed by atoms with E-state index in [9.17, 15) is 14.4 Å². The predicted octanol–water partition coefficient (Wildman–Crippen LogP) is 0.531. The van der Waals surface area contributed by atoms with E-state index in [1.54, 1.807) is 0 Å². The Hall–Kier alpha value is -2.17. The van der Waals surface area contributed by atoms with Gasteiger partial charge in [-0.2, -0.15) is 0 Å². The summed E-state index contributed by atoms with van der Waals surface area (Å²) in [5.74, 6) is -3.12. The lowest BCUT2D eigenvalue weighted by Gasteiger charge is -2.40. The van der Waals surface area contributed by atoms with Gasteiger partial charge in [-0.15, -0.1) is 0 Å². The molecule has 0 aromatic heterocycles. The lowest BCUT2D eigenvalue weighted by molar-refractivity contribution is -0.340. The molecular formula is C17H22O10. The fraction of sp³-hybridized carbons (Fsp3) is 0.706. The first kappa shape index (κ1) is 19.6. The van der Waals surface area contributed by atoms with Crippen LogP contribution < -0.4 is 0 Å². The largest absolute Gasteiger partial charge is 0.463 e. The molecule has 2 fully saturated rings. The molecular weight excluding hydrogens is 364 g/mol. The molecule has 1 spiro atoms. The van der Waals surface area contributed by atoms with Gasteiger partial charge in [-0.05, 0) is 12.5 Å². The highest BCUT2D eigenvalue weighted by Crippen LogP contribution is 2.42. The summed E-state index contributed by atoms with van der Waals surface area (Å²) in [4.78, 5) is 34.4. The maximum absolute atomic E-state index is 11.6. The van der Waals surface area contributed by atoms with E-state index in [2.05, 4.69) is 0 Å². The van der Waals surface area contributed by atoms with Crippen LogP contribution in [0.2, 0.25) is 0 Å². The summed E-state index contributed by atoms with van der Waals surface area (Å²) in [7, 11) is 0. The molecule has 0 aromatic rings. The van der Waals surface area contributed by atoms with Gasteiger partial charge >= 0.3 is 23.9 Å². The van der Waals surface area contributed by atoms with Crippen LogP contribution in [-0.4, -0.2) is 61.2 Å². The van der Waals surface area contributed by atoms with E-state index < -0.39 is 54.6 Å². The van der Waals surface area contributed by atoms with E-state index in [1.807, 2.05) is 6.08 Å². The molecule has 6 atom stereocenters. The summed E-state index contributed by atoms with van der Waals surface area (Å²) in [6, 6.07) is 0. The highest BCUT2D eigenvalue weighted by Gasteiger charge is 2.61. The minimum absolute atomic E-state index is 0.217. The standard InChI is InChI=1S/C17H22O10/c1-9(18)21-8-12-13(23-10(2)19)14(24-11(3)20)15-16(25-12)27-17(26-15)6-4-5-7-22-17/h5,7,12-16H,4,6,8H2,1-3H3/t12-,13-,14+,15-,16-,17+/m1/s1. The Balaban J connectivity index is 1.86. The Labute approximate surface area is 155 Å². The lowest BCUT2D eigenvalue weighted by Crippen LogP contribution is -2.60. The lowest BCUT2D eigenvalue weighted by atomic mass is 9.98. The highest BCUT2D eigenvalue weighted by molar-refractivity contribution is 5.67. The number of fused-ring (bicyclic) bond motifs is 1. The number of hydrogen-bond donors (Lipinski definition) is 0. The Morgan fingerprint density at radius 3 is 2.33 bits per heavy atom. The predicted molar refractivity (Wildman–Crippen MR) is 84.6 cm³/mol. The monoisotopic (exact) mass is 386 g/mol. The van der Waals surface area contributed by atoms with Crippen molar-refractivity contribution in [3.8, 4) is 0 Å². The van der Waals surface area contributed by atoms with Gasteiger partial charge < -0.3 is 28.4 Å². The number of esters is 3. The van der Waals surface area contributed by atoms with Crippen molar-refractivity contribution in [1.82, 2.24) is 0 Å². The first-order chi connectivity index (χ1) is 12.8. The fourth-order valence-corrected chi connectivity index (χ4v) is 3.22. The minimum atomic E-state index is -1.38. The van der Waals surface area contributed by atoms with Crippen molar-refractivity contribution in [1.29, 1.82) is 0 Å². The minimum Gasteiger partial charge on any atom is -0.463 e. The van der Waals surface area contributed by atoms with Gasteiger partial charge in [-0.3, -0.25) is 19.1 Å². The van der Waals surface area contributed by atoms with Crippen LogP contribution in [0, 0.1) is 0 Å². The maximum atomic E-state index is 11.6. The quantitative estimate of drug-likeness (QED) is 0.500. The van der Waals surface area contributed by atoms with E-state index >= 15 is 0 Å². The van der Waals surface area contributed by atoms with E-state index in [4.69, 9.17) is 33.2 Å². The van der Waals surface area contributed by atoms with Crippen LogP contribution in [0.4, 0.5) is 0 Å². The molecule has 0 radical (unpaired) electrons. The topological polar surface area (TPSA) is 116 Å². The summed E-state index contributed by atoms with van der Waals surface area (Å²) in [6.45, 7) is 3.46. The van der Waals surface area contributed by atoms with Gasteiger partial charge in [0.25, 0.3) is 0 Å². The van der Waals surface area contributed by atoms with Crippen LogP contribution in [0.1, 0.15) is 33.6 Å². The molecule has 0 aliphatic carbocycles. The average Bonchev–Trinajstić information content (AvgIpc) is 2.92. The van der Waals surface area contributed by atoms with Gasteiger partial charge in [0.1, 0.15) is 12.7 Å². The van der Waals surface area contributed by atoms with Crippen molar-refractivity contribution in [3.05, 3.63) is 12.3 Å². The van der Waals surface area contributed by atoms with E-state index in [1.165, 1.54) is 27.0 Å².